The summed E-state index contributed by atoms with van der Waals surface area (Å²) in [5, 5.41) is 6.45. The number of aliphatic imine (C=N–C) groups is 1. The molecule has 6 nitrogen and oxygen atoms in total. The van der Waals surface area contributed by atoms with E-state index in [4.69, 9.17) is 4.74 Å². The summed E-state index contributed by atoms with van der Waals surface area (Å²) in [5.41, 5.74) is 2.03. The first-order chi connectivity index (χ1) is 14.6. The van der Waals surface area contributed by atoms with E-state index in [2.05, 4.69) is 27.8 Å². The summed E-state index contributed by atoms with van der Waals surface area (Å²) in [6.07, 6.45) is 1.41. The minimum atomic E-state index is -0.389. The molecule has 0 bridgehead atoms. The molecule has 1 fully saturated rings. The fourth-order valence-electron chi connectivity index (χ4n) is 3.58. The van der Waals surface area contributed by atoms with E-state index in [-0.39, 0.29) is 47.4 Å². The number of likely N-dealkylation sites (tertiary alicyclic amines) is 1. The summed E-state index contributed by atoms with van der Waals surface area (Å²) < 4.78 is 18.8. The van der Waals surface area contributed by atoms with Crippen LogP contribution >= 0.6 is 24.0 Å². The van der Waals surface area contributed by atoms with Gasteiger partial charge in [0.1, 0.15) is 0 Å². The Bertz CT molecular complexity index is 879. The average molecular weight is 540 g/mol. The first-order valence-electron chi connectivity index (χ1n) is 10.2. The monoisotopic (exact) mass is 540 g/mol. The number of carbonyl (C=O) groups excluding carboxylic acids is 1. The molecule has 1 unspecified atom stereocenters. The van der Waals surface area contributed by atoms with Crippen LogP contribution in [0, 0.1) is 11.7 Å². The molecule has 0 spiro atoms. The van der Waals surface area contributed by atoms with E-state index in [0.29, 0.717) is 25.5 Å². The maximum Gasteiger partial charge on any atom is 0.223 e. The number of hydrogen-bond donors (Lipinski definition) is 2. The van der Waals surface area contributed by atoms with Gasteiger partial charge < -0.3 is 20.3 Å². The minimum Gasteiger partial charge on any atom is -0.494 e. The number of amides is 1. The lowest BCUT2D eigenvalue weighted by Gasteiger charge is -2.18. The van der Waals surface area contributed by atoms with E-state index < -0.39 is 0 Å². The second kappa shape index (κ2) is 12.5. The number of benzene rings is 2. The molecule has 8 heteroatoms. The second-order valence-corrected chi connectivity index (χ2v) is 7.42. The highest BCUT2D eigenvalue weighted by Gasteiger charge is 2.29. The number of rotatable bonds is 8. The fraction of sp³-hybridized carbons (Fsp3) is 0.391. The van der Waals surface area contributed by atoms with Gasteiger partial charge in [-0.25, -0.2) is 4.39 Å². The fourth-order valence-corrected chi connectivity index (χ4v) is 3.58. The van der Waals surface area contributed by atoms with Crippen LogP contribution in [0.1, 0.15) is 17.5 Å². The highest BCUT2D eigenvalue weighted by atomic mass is 127. The van der Waals surface area contributed by atoms with Crippen molar-refractivity contribution >= 4 is 35.8 Å². The minimum absolute atomic E-state index is 0. The van der Waals surface area contributed by atoms with E-state index in [1.165, 1.54) is 18.7 Å². The van der Waals surface area contributed by atoms with E-state index in [1.807, 2.05) is 29.2 Å². The number of nitrogens with zero attached hydrogens (tertiary/aromatic N) is 2. The lowest BCUT2D eigenvalue weighted by Crippen LogP contribution is -2.40. The highest BCUT2D eigenvalue weighted by molar-refractivity contribution is 14.0. The zero-order chi connectivity index (χ0) is 21.3. The van der Waals surface area contributed by atoms with Crippen LogP contribution in [0.2, 0.25) is 0 Å². The van der Waals surface area contributed by atoms with Gasteiger partial charge in [0.25, 0.3) is 0 Å². The predicted molar refractivity (Wildman–Crippen MR) is 131 cm³/mol. The van der Waals surface area contributed by atoms with Crippen molar-refractivity contribution in [3.63, 3.8) is 0 Å². The van der Waals surface area contributed by atoms with E-state index in [9.17, 15) is 9.18 Å². The van der Waals surface area contributed by atoms with Crippen LogP contribution < -0.4 is 15.4 Å². The number of halogens is 2. The Hall–Kier alpha value is -2.36. The molecular weight excluding hydrogens is 510 g/mol. The van der Waals surface area contributed by atoms with Crippen molar-refractivity contribution in [2.75, 3.05) is 33.8 Å². The predicted octanol–water partition coefficient (Wildman–Crippen LogP) is 3.21. The molecule has 1 aliphatic rings. The van der Waals surface area contributed by atoms with Crippen molar-refractivity contribution in [2.45, 2.75) is 19.4 Å². The molecular formula is C23H30FIN4O2. The Morgan fingerprint density at radius 2 is 1.97 bits per heavy atom. The molecule has 168 valence electrons. The summed E-state index contributed by atoms with van der Waals surface area (Å²) in [4.78, 5) is 18.5. The van der Waals surface area contributed by atoms with Crippen molar-refractivity contribution < 1.29 is 13.9 Å². The molecule has 3 rings (SSSR count). The van der Waals surface area contributed by atoms with Crippen LogP contribution in [-0.4, -0.2) is 50.6 Å². The smallest absolute Gasteiger partial charge is 0.223 e. The zero-order valence-electron chi connectivity index (χ0n) is 17.9. The van der Waals surface area contributed by atoms with Gasteiger partial charge in [0.15, 0.2) is 17.5 Å². The summed E-state index contributed by atoms with van der Waals surface area (Å²) in [6.45, 7) is 2.59. The molecule has 1 heterocycles. The van der Waals surface area contributed by atoms with Crippen LogP contribution in [0.15, 0.2) is 53.5 Å². The normalized spacial score (nSPS) is 16.1. The SMILES string of the molecule is CN=C(NCc1ccc(OC)c(F)c1)NCC1CC(=O)N(CCc2ccccc2)C1.I. The van der Waals surface area contributed by atoms with Crippen molar-refractivity contribution in [1.82, 2.24) is 15.5 Å². The van der Waals surface area contributed by atoms with E-state index in [0.717, 1.165) is 25.1 Å². The number of hydrogen-bond acceptors (Lipinski definition) is 3. The number of carbonyl (C=O) groups is 1. The molecule has 0 saturated carbocycles. The van der Waals surface area contributed by atoms with Gasteiger partial charge in [0, 0.05) is 45.6 Å². The number of guanidine groups is 1. The molecule has 31 heavy (non-hydrogen) atoms. The lowest BCUT2D eigenvalue weighted by molar-refractivity contribution is -0.127. The molecule has 0 radical (unpaired) electrons. The quantitative estimate of drug-likeness (QED) is 0.307. The summed E-state index contributed by atoms with van der Waals surface area (Å²) in [6, 6.07) is 15.1. The van der Waals surface area contributed by atoms with Crippen molar-refractivity contribution in [3.8, 4) is 5.75 Å². The first-order valence-corrected chi connectivity index (χ1v) is 10.2. The van der Waals surface area contributed by atoms with Crippen molar-refractivity contribution in [2.24, 2.45) is 10.9 Å². The van der Waals surface area contributed by atoms with Gasteiger partial charge in [0.2, 0.25) is 5.91 Å². The Balaban J connectivity index is 0.00000341. The van der Waals surface area contributed by atoms with Crippen LogP contribution in [0.4, 0.5) is 4.39 Å². The molecule has 2 N–H and O–H groups in total. The Morgan fingerprint density at radius 3 is 2.65 bits per heavy atom. The maximum atomic E-state index is 13.8. The van der Waals surface area contributed by atoms with Crippen molar-refractivity contribution in [3.05, 3.63) is 65.5 Å². The van der Waals surface area contributed by atoms with Gasteiger partial charge >= 0.3 is 0 Å². The first kappa shape index (κ1) is 24.9. The maximum absolute atomic E-state index is 13.8. The molecule has 2 aromatic carbocycles. The molecule has 1 amide bonds. The summed E-state index contributed by atoms with van der Waals surface area (Å²) >= 11 is 0. The molecule has 1 atom stereocenters. The van der Waals surface area contributed by atoms with E-state index >= 15 is 0 Å². The number of methoxy groups -OCH3 is 1. The summed E-state index contributed by atoms with van der Waals surface area (Å²) in [5.74, 6) is 0.907. The number of ether oxygens (including phenoxy) is 1. The highest BCUT2D eigenvalue weighted by Crippen LogP contribution is 2.18. The largest absolute Gasteiger partial charge is 0.494 e. The van der Waals surface area contributed by atoms with Crippen LogP contribution in [-0.2, 0) is 17.8 Å². The van der Waals surface area contributed by atoms with Gasteiger partial charge in [-0.05, 0) is 29.7 Å². The third-order valence-corrected chi connectivity index (χ3v) is 5.27. The third-order valence-electron chi connectivity index (χ3n) is 5.27. The molecule has 1 saturated heterocycles. The summed E-state index contributed by atoms with van der Waals surface area (Å²) in [7, 11) is 3.13. The third kappa shape index (κ3) is 7.37. The van der Waals surface area contributed by atoms with E-state index in [1.54, 1.807) is 13.1 Å². The Kier molecular flexibility index (Phi) is 10.0. The Morgan fingerprint density at radius 1 is 1.19 bits per heavy atom. The van der Waals surface area contributed by atoms with Gasteiger partial charge in [-0.15, -0.1) is 24.0 Å². The topological polar surface area (TPSA) is 66.0 Å². The average Bonchev–Trinajstić information content (AvgIpc) is 3.12. The molecule has 0 aromatic heterocycles. The lowest BCUT2D eigenvalue weighted by atomic mass is 10.1. The van der Waals surface area contributed by atoms with Crippen LogP contribution in [0.5, 0.6) is 5.75 Å². The van der Waals surface area contributed by atoms with Crippen molar-refractivity contribution in [1.29, 1.82) is 0 Å². The standard InChI is InChI=1S/C23H29FN4O2.HI/c1-25-23(26-14-18-8-9-21(30-2)20(24)12-18)27-15-19-13-22(29)28(16-19)11-10-17-6-4-3-5-7-17;/h3-9,12,19H,10-11,13-16H2,1-2H3,(H2,25,26,27);1H. The Labute approximate surface area is 200 Å². The van der Waals surface area contributed by atoms with Crippen LogP contribution in [0.3, 0.4) is 0 Å². The molecule has 2 aromatic rings. The number of nitrogens with one attached hydrogen (secondary N) is 2. The van der Waals surface area contributed by atoms with Gasteiger partial charge in [-0.2, -0.15) is 0 Å². The molecule has 1 aliphatic heterocycles. The zero-order valence-corrected chi connectivity index (χ0v) is 20.3. The van der Waals surface area contributed by atoms with Gasteiger partial charge in [-0.1, -0.05) is 36.4 Å². The second-order valence-electron chi connectivity index (χ2n) is 7.42. The van der Waals surface area contributed by atoms with Crippen LogP contribution in [0.25, 0.3) is 0 Å². The van der Waals surface area contributed by atoms with Gasteiger partial charge in [-0.3, -0.25) is 9.79 Å². The molecule has 0 aliphatic carbocycles. The van der Waals surface area contributed by atoms with Gasteiger partial charge in [0.05, 0.1) is 7.11 Å².